The summed E-state index contributed by atoms with van der Waals surface area (Å²) in [6, 6.07) is 5.95. The highest BCUT2D eigenvalue weighted by Crippen LogP contribution is 2.65. The third-order valence-corrected chi connectivity index (χ3v) is 5.47. The number of carbonyl (C=O) groups excluding carboxylic acids is 1. The summed E-state index contributed by atoms with van der Waals surface area (Å²) in [5, 5.41) is 6.01. The van der Waals surface area contributed by atoms with Crippen molar-refractivity contribution in [2.75, 3.05) is 24.3 Å². The van der Waals surface area contributed by atoms with E-state index in [1.807, 2.05) is 37.2 Å². The highest BCUT2D eigenvalue weighted by Gasteiger charge is 2.65. The van der Waals surface area contributed by atoms with Crippen LogP contribution in [0.1, 0.15) is 19.3 Å². The fourth-order valence-corrected chi connectivity index (χ4v) is 4.56. The molecule has 5 nitrogen and oxygen atoms in total. The van der Waals surface area contributed by atoms with Crippen LogP contribution in [0.2, 0.25) is 0 Å². The quantitative estimate of drug-likeness (QED) is 0.896. The van der Waals surface area contributed by atoms with Crippen molar-refractivity contribution in [2.24, 2.45) is 23.7 Å². The Kier molecular flexibility index (Phi) is 2.84. The van der Waals surface area contributed by atoms with Crippen molar-refractivity contribution in [3.63, 3.8) is 0 Å². The number of nitrogens with one attached hydrogen (secondary N) is 2. The Bertz CT molecular complexity index is 557. The van der Waals surface area contributed by atoms with Crippen LogP contribution in [0.4, 0.5) is 16.4 Å². The monoisotopic (exact) mass is 286 g/mol. The van der Waals surface area contributed by atoms with Gasteiger partial charge in [-0.25, -0.2) is 9.78 Å². The summed E-state index contributed by atoms with van der Waals surface area (Å²) in [6.07, 6.45) is 4.15. The number of fused-ring (bicyclic) bond motifs is 5. The van der Waals surface area contributed by atoms with Crippen molar-refractivity contribution >= 4 is 17.7 Å². The summed E-state index contributed by atoms with van der Waals surface area (Å²) in [5.74, 6) is 4.72. The molecule has 3 fully saturated rings. The van der Waals surface area contributed by atoms with E-state index in [0.29, 0.717) is 11.9 Å². The maximum atomic E-state index is 12.1. The standard InChI is InChI=1S/C16H22N4O/c1-20(2)12-5-3-4-11(17-12)18-16(21)19-15-13-9-6-7-10(8-9)14(13)15/h3-5,9-10,13-15H,6-8H2,1-2H3,(H2,17,18,19,21)/t9-,10-,13-,14+,15?/m0/s1. The van der Waals surface area contributed by atoms with Gasteiger partial charge in [-0.15, -0.1) is 0 Å². The predicted molar refractivity (Wildman–Crippen MR) is 82.3 cm³/mol. The third-order valence-electron chi connectivity index (χ3n) is 5.47. The van der Waals surface area contributed by atoms with E-state index in [2.05, 4.69) is 15.6 Å². The van der Waals surface area contributed by atoms with Crippen LogP contribution in [-0.4, -0.2) is 31.2 Å². The lowest BCUT2D eigenvalue weighted by Gasteiger charge is -2.14. The largest absolute Gasteiger partial charge is 0.363 e. The van der Waals surface area contributed by atoms with E-state index < -0.39 is 0 Å². The molecule has 0 radical (unpaired) electrons. The molecule has 5 atom stereocenters. The summed E-state index contributed by atoms with van der Waals surface area (Å²) in [4.78, 5) is 18.5. The van der Waals surface area contributed by atoms with E-state index in [4.69, 9.17) is 0 Å². The fraction of sp³-hybridized carbons (Fsp3) is 0.625. The van der Waals surface area contributed by atoms with Gasteiger partial charge < -0.3 is 10.2 Å². The Morgan fingerprint density at radius 1 is 1.24 bits per heavy atom. The first-order chi connectivity index (χ1) is 10.1. The van der Waals surface area contributed by atoms with E-state index in [9.17, 15) is 4.79 Å². The number of rotatable bonds is 3. The van der Waals surface area contributed by atoms with E-state index in [0.717, 1.165) is 29.5 Å². The van der Waals surface area contributed by atoms with Crippen molar-refractivity contribution in [1.29, 1.82) is 0 Å². The minimum absolute atomic E-state index is 0.114. The molecule has 2 amide bonds. The minimum atomic E-state index is -0.114. The van der Waals surface area contributed by atoms with Crippen molar-refractivity contribution in [2.45, 2.75) is 25.3 Å². The molecule has 5 heteroatoms. The predicted octanol–water partition coefficient (Wildman–Crippen LogP) is 2.31. The van der Waals surface area contributed by atoms with Crippen LogP contribution in [-0.2, 0) is 0 Å². The van der Waals surface area contributed by atoms with Gasteiger partial charge in [-0.3, -0.25) is 5.32 Å². The number of hydrogen-bond donors (Lipinski definition) is 2. The Morgan fingerprint density at radius 3 is 2.62 bits per heavy atom. The van der Waals surface area contributed by atoms with Gasteiger partial charge in [0.2, 0.25) is 0 Å². The Hall–Kier alpha value is -1.78. The molecule has 4 rings (SSSR count). The lowest BCUT2D eigenvalue weighted by molar-refractivity contribution is 0.249. The average Bonchev–Trinajstić information content (AvgIpc) is 2.84. The number of pyridine rings is 1. The van der Waals surface area contributed by atoms with Gasteiger partial charge in [-0.05, 0) is 55.1 Å². The maximum Gasteiger partial charge on any atom is 0.320 e. The number of amides is 2. The molecule has 0 spiro atoms. The van der Waals surface area contributed by atoms with Gasteiger partial charge in [0, 0.05) is 20.1 Å². The molecule has 0 saturated heterocycles. The number of aromatic nitrogens is 1. The molecular weight excluding hydrogens is 264 g/mol. The lowest BCUT2D eigenvalue weighted by atomic mass is 10.0. The van der Waals surface area contributed by atoms with Gasteiger partial charge in [0.05, 0.1) is 0 Å². The highest BCUT2D eigenvalue weighted by atomic mass is 16.2. The molecule has 0 aliphatic heterocycles. The van der Waals surface area contributed by atoms with E-state index in [1.54, 1.807) is 0 Å². The van der Waals surface area contributed by atoms with Gasteiger partial charge >= 0.3 is 6.03 Å². The SMILES string of the molecule is CN(C)c1cccc(NC(=O)NC2[C@@H]3[C@H]4CC[C@@H](C4)[C@H]23)n1. The zero-order valence-electron chi connectivity index (χ0n) is 12.5. The number of urea groups is 1. The van der Waals surface area contributed by atoms with Crippen LogP contribution in [0.3, 0.4) is 0 Å². The van der Waals surface area contributed by atoms with Crippen molar-refractivity contribution < 1.29 is 4.79 Å². The molecule has 2 bridgehead atoms. The Morgan fingerprint density at radius 2 is 1.95 bits per heavy atom. The molecule has 1 unspecified atom stereocenters. The first-order valence-electron chi connectivity index (χ1n) is 7.85. The molecule has 2 N–H and O–H groups in total. The smallest absolute Gasteiger partial charge is 0.320 e. The summed E-state index contributed by atoms with van der Waals surface area (Å²) in [6.45, 7) is 0. The highest BCUT2D eigenvalue weighted by molar-refractivity contribution is 5.89. The van der Waals surface area contributed by atoms with Crippen LogP contribution in [0.15, 0.2) is 18.2 Å². The second kappa shape index (κ2) is 4.61. The fourth-order valence-electron chi connectivity index (χ4n) is 4.56. The molecule has 3 aliphatic rings. The van der Waals surface area contributed by atoms with Crippen molar-refractivity contribution in [3.8, 4) is 0 Å². The van der Waals surface area contributed by atoms with Crippen LogP contribution in [0.25, 0.3) is 0 Å². The Balaban J connectivity index is 1.36. The molecule has 0 aromatic carbocycles. The van der Waals surface area contributed by atoms with E-state index in [-0.39, 0.29) is 6.03 Å². The van der Waals surface area contributed by atoms with E-state index in [1.165, 1.54) is 19.3 Å². The zero-order valence-corrected chi connectivity index (χ0v) is 12.5. The summed E-state index contributed by atoms with van der Waals surface area (Å²) < 4.78 is 0. The van der Waals surface area contributed by atoms with Gasteiger partial charge in [0.1, 0.15) is 11.6 Å². The van der Waals surface area contributed by atoms with Gasteiger partial charge in [-0.1, -0.05) is 6.07 Å². The van der Waals surface area contributed by atoms with Gasteiger partial charge in [0.25, 0.3) is 0 Å². The molecule has 3 aliphatic carbocycles. The Labute approximate surface area is 125 Å². The lowest BCUT2D eigenvalue weighted by Crippen LogP contribution is -2.34. The van der Waals surface area contributed by atoms with Crippen LogP contribution in [0.5, 0.6) is 0 Å². The average molecular weight is 286 g/mol. The van der Waals surface area contributed by atoms with Crippen LogP contribution in [0, 0.1) is 23.7 Å². The number of nitrogens with zero attached hydrogens (tertiary/aromatic N) is 2. The van der Waals surface area contributed by atoms with Crippen molar-refractivity contribution in [1.82, 2.24) is 10.3 Å². The van der Waals surface area contributed by atoms with Gasteiger partial charge in [0.15, 0.2) is 0 Å². The second-order valence-electron chi connectivity index (χ2n) is 6.89. The maximum absolute atomic E-state index is 12.1. The molecule has 1 aromatic rings. The normalized spacial score (nSPS) is 35.2. The summed E-state index contributed by atoms with van der Waals surface area (Å²) >= 11 is 0. The number of hydrogen-bond acceptors (Lipinski definition) is 3. The molecule has 112 valence electrons. The summed E-state index contributed by atoms with van der Waals surface area (Å²) in [5.41, 5.74) is 0. The molecular formula is C16H22N4O. The third kappa shape index (κ3) is 2.15. The number of anilines is 2. The molecule has 21 heavy (non-hydrogen) atoms. The zero-order chi connectivity index (χ0) is 14.6. The molecule has 3 saturated carbocycles. The van der Waals surface area contributed by atoms with E-state index >= 15 is 0 Å². The topological polar surface area (TPSA) is 57.3 Å². The first-order valence-corrected chi connectivity index (χ1v) is 7.85. The first kappa shape index (κ1) is 12.9. The second-order valence-corrected chi connectivity index (χ2v) is 6.89. The molecule has 1 aromatic heterocycles. The van der Waals surface area contributed by atoms with Gasteiger partial charge in [-0.2, -0.15) is 0 Å². The summed E-state index contributed by atoms with van der Waals surface area (Å²) in [7, 11) is 3.88. The minimum Gasteiger partial charge on any atom is -0.363 e. The van der Waals surface area contributed by atoms with Crippen LogP contribution >= 0.6 is 0 Å². The van der Waals surface area contributed by atoms with Crippen LogP contribution < -0.4 is 15.5 Å². The number of carbonyl (C=O) groups is 1. The van der Waals surface area contributed by atoms with Crippen molar-refractivity contribution in [3.05, 3.63) is 18.2 Å². The molecule has 1 heterocycles.